The molecule has 2 aromatic rings. The van der Waals surface area contributed by atoms with Gasteiger partial charge in [0.2, 0.25) is 0 Å². The molecule has 1 N–H and O–H groups in total. The van der Waals surface area contributed by atoms with Crippen LogP contribution in [0.25, 0.3) is 12.2 Å². The van der Waals surface area contributed by atoms with Crippen molar-refractivity contribution in [2.24, 2.45) is 0 Å². The van der Waals surface area contributed by atoms with Crippen molar-refractivity contribution in [3.8, 4) is 17.2 Å². The highest BCUT2D eigenvalue weighted by Gasteiger charge is 2.20. The van der Waals surface area contributed by atoms with Crippen LogP contribution in [0, 0.1) is 0 Å². The van der Waals surface area contributed by atoms with Gasteiger partial charge in [-0.1, -0.05) is 12.1 Å². The summed E-state index contributed by atoms with van der Waals surface area (Å²) in [6.07, 6.45) is 6.25. The summed E-state index contributed by atoms with van der Waals surface area (Å²) in [5.41, 5.74) is 3.36. The molecule has 1 aliphatic rings. The van der Waals surface area contributed by atoms with E-state index in [1.54, 1.807) is 26.4 Å². The highest BCUT2D eigenvalue weighted by molar-refractivity contribution is 9.10. The molecule has 140 valence electrons. The van der Waals surface area contributed by atoms with Gasteiger partial charge in [0.15, 0.2) is 17.3 Å². The minimum atomic E-state index is 0.0697. The maximum atomic E-state index is 12.9. The quantitative estimate of drug-likeness (QED) is 0.662. The van der Waals surface area contributed by atoms with Gasteiger partial charge in [0, 0.05) is 11.1 Å². The molecule has 0 aromatic heterocycles. The van der Waals surface area contributed by atoms with Crippen LogP contribution in [0.15, 0.2) is 52.0 Å². The van der Waals surface area contributed by atoms with Crippen LogP contribution in [0.3, 0.4) is 0 Å². The lowest BCUT2D eigenvalue weighted by Gasteiger charge is -2.17. The highest BCUT2D eigenvalue weighted by Crippen LogP contribution is 2.32. The average molecular weight is 429 g/mol. The van der Waals surface area contributed by atoms with Crippen molar-refractivity contribution >= 4 is 33.9 Å². The fourth-order valence-corrected chi connectivity index (χ4v) is 3.53. The normalized spacial score (nSPS) is 17.4. The minimum Gasteiger partial charge on any atom is -0.507 e. The van der Waals surface area contributed by atoms with Gasteiger partial charge in [-0.15, -0.1) is 0 Å². The lowest BCUT2D eigenvalue weighted by molar-refractivity contribution is -0.112. The van der Waals surface area contributed by atoms with Gasteiger partial charge in [-0.2, -0.15) is 0 Å². The van der Waals surface area contributed by atoms with E-state index >= 15 is 0 Å². The van der Waals surface area contributed by atoms with Crippen LogP contribution in [0.5, 0.6) is 17.2 Å². The van der Waals surface area contributed by atoms with Gasteiger partial charge >= 0.3 is 0 Å². The number of ether oxygens (including phenoxy) is 2. The largest absolute Gasteiger partial charge is 0.507 e. The van der Waals surface area contributed by atoms with Gasteiger partial charge in [-0.3, -0.25) is 4.79 Å². The summed E-state index contributed by atoms with van der Waals surface area (Å²) in [5, 5.41) is 9.63. The fourth-order valence-electron chi connectivity index (χ4n) is 3.14. The Bertz CT molecular complexity index is 928. The first kappa shape index (κ1) is 19.2. The van der Waals surface area contributed by atoms with Gasteiger partial charge in [-0.05, 0) is 82.7 Å². The SMILES string of the molecule is COc1ccc(/C=C2\CCC/C(=C\c3ccc(O)c(Br)c3)C2=O)cc1OC. The molecule has 27 heavy (non-hydrogen) atoms. The highest BCUT2D eigenvalue weighted by atomic mass is 79.9. The zero-order valence-electron chi connectivity index (χ0n) is 15.3. The van der Waals surface area contributed by atoms with Gasteiger partial charge in [0.05, 0.1) is 18.7 Å². The lowest BCUT2D eigenvalue weighted by Crippen LogP contribution is -2.12. The van der Waals surface area contributed by atoms with E-state index < -0.39 is 0 Å². The summed E-state index contributed by atoms with van der Waals surface area (Å²) in [6.45, 7) is 0. The summed E-state index contributed by atoms with van der Waals surface area (Å²) in [6, 6.07) is 10.8. The van der Waals surface area contributed by atoms with Crippen molar-refractivity contribution in [3.63, 3.8) is 0 Å². The molecule has 1 fully saturated rings. The zero-order valence-corrected chi connectivity index (χ0v) is 16.9. The number of hydrogen-bond acceptors (Lipinski definition) is 4. The average Bonchev–Trinajstić information content (AvgIpc) is 2.67. The number of halogens is 1. The number of aromatic hydroxyl groups is 1. The van der Waals surface area contributed by atoms with Crippen molar-refractivity contribution in [1.29, 1.82) is 0 Å². The molecule has 0 heterocycles. The van der Waals surface area contributed by atoms with E-state index in [1.165, 1.54) is 0 Å². The van der Waals surface area contributed by atoms with Crippen LogP contribution >= 0.6 is 15.9 Å². The Morgan fingerprint density at radius 2 is 1.52 bits per heavy atom. The Morgan fingerprint density at radius 3 is 2.11 bits per heavy atom. The van der Waals surface area contributed by atoms with Gasteiger partial charge in [0.25, 0.3) is 0 Å². The van der Waals surface area contributed by atoms with Gasteiger partial charge in [0.1, 0.15) is 5.75 Å². The molecule has 0 unspecified atom stereocenters. The summed E-state index contributed by atoms with van der Waals surface area (Å²) in [5.74, 6) is 1.55. The van der Waals surface area contributed by atoms with Gasteiger partial charge < -0.3 is 14.6 Å². The predicted molar refractivity (Wildman–Crippen MR) is 110 cm³/mol. The number of Topliss-reactive ketones (excluding diaryl/α,β-unsaturated/α-hetero) is 1. The molecule has 0 amide bonds. The van der Waals surface area contributed by atoms with Crippen LogP contribution in [-0.4, -0.2) is 25.1 Å². The molecule has 0 radical (unpaired) electrons. The van der Waals surface area contributed by atoms with E-state index in [-0.39, 0.29) is 11.5 Å². The van der Waals surface area contributed by atoms with E-state index in [9.17, 15) is 9.90 Å². The Balaban J connectivity index is 1.89. The molecule has 0 atom stereocenters. The number of methoxy groups -OCH3 is 2. The number of hydrogen-bond donors (Lipinski definition) is 1. The zero-order chi connectivity index (χ0) is 19.4. The third-order valence-corrected chi connectivity index (χ3v) is 5.17. The van der Waals surface area contributed by atoms with E-state index in [4.69, 9.17) is 9.47 Å². The summed E-state index contributed by atoms with van der Waals surface area (Å²) < 4.78 is 11.2. The van der Waals surface area contributed by atoms with Crippen molar-refractivity contribution < 1.29 is 19.4 Å². The second-order valence-corrected chi connectivity index (χ2v) is 7.20. The third-order valence-electron chi connectivity index (χ3n) is 4.54. The fraction of sp³-hybridized carbons (Fsp3) is 0.227. The second-order valence-electron chi connectivity index (χ2n) is 6.35. The van der Waals surface area contributed by atoms with Crippen LogP contribution in [0.2, 0.25) is 0 Å². The Kier molecular flexibility index (Phi) is 6.01. The second kappa shape index (κ2) is 8.44. The number of phenolic OH excluding ortho intramolecular Hbond substituents is 1. The Labute approximate surface area is 167 Å². The molecule has 0 bridgehead atoms. The summed E-state index contributed by atoms with van der Waals surface area (Å²) in [4.78, 5) is 12.9. The van der Waals surface area contributed by atoms with Crippen LogP contribution in [-0.2, 0) is 4.79 Å². The molecule has 1 saturated carbocycles. The first-order valence-corrected chi connectivity index (χ1v) is 9.47. The van der Waals surface area contributed by atoms with Crippen molar-refractivity contribution in [2.45, 2.75) is 19.3 Å². The van der Waals surface area contributed by atoms with Crippen molar-refractivity contribution in [3.05, 3.63) is 63.1 Å². The maximum absolute atomic E-state index is 12.9. The third kappa shape index (κ3) is 4.42. The Morgan fingerprint density at radius 1 is 0.926 bits per heavy atom. The molecule has 5 heteroatoms. The minimum absolute atomic E-state index is 0.0697. The molecule has 4 nitrogen and oxygen atoms in total. The number of rotatable bonds is 4. The van der Waals surface area contributed by atoms with E-state index in [2.05, 4.69) is 15.9 Å². The van der Waals surface area contributed by atoms with Crippen LogP contribution in [0.1, 0.15) is 30.4 Å². The number of benzene rings is 2. The molecule has 0 saturated heterocycles. The van der Waals surface area contributed by atoms with Crippen molar-refractivity contribution in [1.82, 2.24) is 0 Å². The first-order valence-electron chi connectivity index (χ1n) is 8.68. The lowest BCUT2D eigenvalue weighted by atomic mass is 9.87. The predicted octanol–water partition coefficient (Wildman–Crippen LogP) is 5.39. The number of carbonyl (C=O) groups excluding carboxylic acids is 1. The van der Waals surface area contributed by atoms with Gasteiger partial charge in [-0.25, -0.2) is 0 Å². The first-order chi connectivity index (χ1) is 13.0. The van der Waals surface area contributed by atoms with Crippen LogP contribution < -0.4 is 9.47 Å². The van der Waals surface area contributed by atoms with Crippen molar-refractivity contribution in [2.75, 3.05) is 14.2 Å². The summed E-state index contributed by atoms with van der Waals surface area (Å²) >= 11 is 3.31. The number of carbonyl (C=O) groups is 1. The Hall–Kier alpha value is -2.53. The van der Waals surface area contributed by atoms with E-state index in [0.717, 1.165) is 41.5 Å². The number of allylic oxidation sites excluding steroid dienone is 2. The molecule has 0 aliphatic heterocycles. The molecule has 2 aromatic carbocycles. The smallest absolute Gasteiger partial charge is 0.185 e. The topological polar surface area (TPSA) is 55.8 Å². The standard InChI is InChI=1S/C22H21BrO4/c1-26-20-9-7-15(13-21(20)27-2)11-17-5-3-4-16(22(17)25)10-14-6-8-19(24)18(23)12-14/h6-13,24H,3-5H2,1-2H3/b16-10+,17-11+. The molecule has 1 aliphatic carbocycles. The maximum Gasteiger partial charge on any atom is 0.185 e. The molecule has 0 spiro atoms. The molecular formula is C22H21BrO4. The monoisotopic (exact) mass is 428 g/mol. The molecular weight excluding hydrogens is 408 g/mol. The van der Waals surface area contributed by atoms with Crippen LogP contribution in [0.4, 0.5) is 0 Å². The molecule has 3 rings (SSSR count). The van der Waals surface area contributed by atoms with E-state index in [1.807, 2.05) is 36.4 Å². The number of phenols is 1. The number of ketones is 1. The van der Waals surface area contributed by atoms with E-state index in [0.29, 0.717) is 16.0 Å². The summed E-state index contributed by atoms with van der Waals surface area (Å²) in [7, 11) is 3.19.